The molecule has 0 saturated heterocycles. The molecule has 0 heterocycles. The minimum Gasteiger partial charge on any atom is -0.786 e. The van der Waals surface area contributed by atoms with Crippen LogP contribution >= 0.6 is 8.60 Å². The van der Waals surface area contributed by atoms with Crippen molar-refractivity contribution in [3.63, 3.8) is 0 Å². The number of rotatable bonds is 14. The molecule has 0 amide bonds. The van der Waals surface area contributed by atoms with Gasteiger partial charge in [0.25, 0.3) is 0 Å². The second-order valence-corrected chi connectivity index (χ2v) is 6.61. The summed E-state index contributed by atoms with van der Waals surface area (Å²) >= 11 is 0. The van der Waals surface area contributed by atoms with Gasteiger partial charge in [0, 0.05) is 0 Å². The molecular formula is C16H34CdO3P+. The molecule has 3 nitrogen and oxygen atoms in total. The Morgan fingerprint density at radius 3 is 1.48 bits per heavy atom. The number of hydrogen-bond acceptors (Lipinski definition) is 3. The summed E-state index contributed by atoms with van der Waals surface area (Å²) in [7, 11) is -1.94. The van der Waals surface area contributed by atoms with Crippen LogP contribution in [0.25, 0.3) is 0 Å². The van der Waals surface area contributed by atoms with E-state index in [4.69, 9.17) is 9.05 Å². The Labute approximate surface area is 153 Å². The van der Waals surface area contributed by atoms with Gasteiger partial charge < -0.3 is 13.9 Å². The Bertz CT molecular complexity index is 188. The minimum absolute atomic E-state index is 0. The fourth-order valence-corrected chi connectivity index (χ4v) is 2.91. The average molecular weight is 418 g/mol. The van der Waals surface area contributed by atoms with Crippen LogP contribution in [0.5, 0.6) is 0 Å². The molecule has 0 bridgehead atoms. The number of hydrogen-bond donors (Lipinski definition) is 0. The van der Waals surface area contributed by atoms with E-state index in [-0.39, 0.29) is 27.3 Å². The molecule has 122 valence electrons. The van der Waals surface area contributed by atoms with Gasteiger partial charge in [-0.05, 0) is 24.7 Å². The zero-order chi connectivity index (χ0) is 15.2. The second kappa shape index (κ2) is 17.6. The predicted octanol–water partition coefficient (Wildman–Crippen LogP) is 5.04. The molecule has 0 spiro atoms. The van der Waals surface area contributed by atoms with Crippen LogP contribution < -0.4 is 4.89 Å². The first-order chi connectivity index (χ1) is 9.67. The van der Waals surface area contributed by atoms with Crippen LogP contribution in [0.1, 0.15) is 79.1 Å². The third-order valence-corrected chi connectivity index (χ3v) is 4.64. The predicted molar refractivity (Wildman–Crippen MR) is 85.4 cm³/mol. The topological polar surface area (TPSA) is 41.5 Å². The first-order valence-corrected chi connectivity index (χ1v) is 9.50. The summed E-state index contributed by atoms with van der Waals surface area (Å²) in [6, 6.07) is 0. The van der Waals surface area contributed by atoms with Crippen LogP contribution in [0, 0.1) is 11.8 Å². The molecule has 0 aliphatic carbocycles. The fraction of sp³-hybridized carbons (Fsp3) is 1.00. The Kier molecular flexibility index (Phi) is 20.5. The van der Waals surface area contributed by atoms with Crippen molar-refractivity contribution in [3.8, 4) is 0 Å². The fourth-order valence-electron chi connectivity index (χ4n) is 2.17. The van der Waals surface area contributed by atoms with Gasteiger partial charge in [-0.3, -0.25) is 0 Å². The maximum atomic E-state index is 11.7. The molecule has 0 rings (SSSR count). The van der Waals surface area contributed by atoms with Crippen LogP contribution in [-0.2, 0) is 36.3 Å². The molecule has 0 saturated carbocycles. The third-order valence-electron chi connectivity index (χ3n) is 3.92. The van der Waals surface area contributed by atoms with Crippen molar-refractivity contribution >= 4 is 8.60 Å². The van der Waals surface area contributed by atoms with Crippen LogP contribution in [0.4, 0.5) is 0 Å². The van der Waals surface area contributed by atoms with Gasteiger partial charge in [0.2, 0.25) is 0 Å². The molecule has 0 aromatic heterocycles. The maximum absolute atomic E-state index is 11.7. The quantitative estimate of drug-likeness (QED) is 0.294. The second-order valence-electron chi connectivity index (χ2n) is 5.65. The van der Waals surface area contributed by atoms with E-state index in [0.29, 0.717) is 25.0 Å². The molecule has 2 unspecified atom stereocenters. The van der Waals surface area contributed by atoms with Gasteiger partial charge in [-0.25, -0.2) is 0 Å². The Morgan fingerprint density at radius 2 is 1.19 bits per heavy atom. The summed E-state index contributed by atoms with van der Waals surface area (Å²) in [5.74, 6) is 1.03. The smallest absolute Gasteiger partial charge is 0.786 e. The molecule has 0 aromatic rings. The summed E-state index contributed by atoms with van der Waals surface area (Å²) in [5, 5.41) is 0. The molecule has 21 heavy (non-hydrogen) atoms. The van der Waals surface area contributed by atoms with E-state index in [1.165, 1.54) is 25.7 Å². The largest absolute Gasteiger partial charge is 2.00 e. The normalized spacial score (nSPS) is 15.3. The molecule has 0 aliphatic rings. The van der Waals surface area contributed by atoms with Gasteiger partial charge in [-0.2, -0.15) is 0 Å². The van der Waals surface area contributed by atoms with Crippen molar-refractivity contribution < 1.29 is 41.2 Å². The molecule has 5 heteroatoms. The van der Waals surface area contributed by atoms with E-state index in [1.807, 2.05) is 0 Å². The van der Waals surface area contributed by atoms with E-state index in [0.717, 1.165) is 25.7 Å². The molecule has 0 N–H and O–H groups in total. The van der Waals surface area contributed by atoms with Crippen molar-refractivity contribution in [1.29, 1.82) is 0 Å². The standard InChI is InChI=1S/C16H34O3P.Cd/c1-5-9-11-15(7-3)13-18-20(17)19-14-16(8-4)12-10-6-2;/h15-16H,5-14H2,1-4H3;/q-1;+2. The van der Waals surface area contributed by atoms with Crippen molar-refractivity contribution in [2.24, 2.45) is 11.8 Å². The van der Waals surface area contributed by atoms with Crippen LogP contribution in [0.15, 0.2) is 0 Å². The van der Waals surface area contributed by atoms with Gasteiger partial charge >= 0.3 is 27.3 Å². The zero-order valence-corrected chi connectivity index (χ0v) is 19.5. The molecule has 0 aliphatic heterocycles. The van der Waals surface area contributed by atoms with Crippen molar-refractivity contribution in [3.05, 3.63) is 0 Å². The van der Waals surface area contributed by atoms with Gasteiger partial charge in [-0.15, -0.1) is 0 Å². The van der Waals surface area contributed by atoms with Gasteiger partial charge in [0.05, 0.1) is 21.8 Å². The van der Waals surface area contributed by atoms with Crippen molar-refractivity contribution in [2.75, 3.05) is 13.2 Å². The summed E-state index contributed by atoms with van der Waals surface area (Å²) in [4.78, 5) is 11.7. The van der Waals surface area contributed by atoms with E-state index < -0.39 is 8.60 Å². The van der Waals surface area contributed by atoms with Crippen molar-refractivity contribution in [1.82, 2.24) is 0 Å². The molecular weight excluding hydrogens is 384 g/mol. The Balaban J connectivity index is 0. The summed E-state index contributed by atoms with van der Waals surface area (Å²) in [6.45, 7) is 9.84. The van der Waals surface area contributed by atoms with Gasteiger partial charge in [-0.1, -0.05) is 66.2 Å². The molecule has 2 atom stereocenters. The van der Waals surface area contributed by atoms with Gasteiger partial charge in [0.1, 0.15) is 0 Å². The first-order valence-electron chi connectivity index (χ1n) is 8.40. The van der Waals surface area contributed by atoms with E-state index in [9.17, 15) is 4.89 Å². The third kappa shape index (κ3) is 14.6. The zero-order valence-electron chi connectivity index (χ0n) is 14.6. The summed E-state index contributed by atoms with van der Waals surface area (Å²) in [6.07, 6.45) is 9.31. The van der Waals surface area contributed by atoms with Crippen LogP contribution in [0.3, 0.4) is 0 Å². The van der Waals surface area contributed by atoms with E-state index >= 15 is 0 Å². The van der Waals surface area contributed by atoms with E-state index in [1.54, 1.807) is 0 Å². The molecule has 0 aromatic carbocycles. The monoisotopic (exact) mass is 419 g/mol. The minimum atomic E-state index is -1.94. The van der Waals surface area contributed by atoms with Crippen LogP contribution in [-0.4, -0.2) is 13.2 Å². The van der Waals surface area contributed by atoms with Crippen molar-refractivity contribution in [2.45, 2.75) is 79.1 Å². The Hall–Kier alpha value is 1.23. The first kappa shape index (κ1) is 24.5. The molecule has 0 fully saturated rings. The van der Waals surface area contributed by atoms with Crippen LogP contribution in [0.2, 0.25) is 0 Å². The SMILES string of the molecule is CCCCC(CC)COP([O-])OCC(CC)CCCC.[Cd+2]. The summed E-state index contributed by atoms with van der Waals surface area (Å²) < 4.78 is 10.8. The maximum Gasteiger partial charge on any atom is 2.00 e. The number of unbranched alkanes of at least 4 members (excludes halogenated alkanes) is 2. The molecule has 0 radical (unpaired) electrons. The Morgan fingerprint density at radius 1 is 0.810 bits per heavy atom. The summed E-state index contributed by atoms with van der Waals surface area (Å²) in [5.41, 5.74) is 0. The van der Waals surface area contributed by atoms with Gasteiger partial charge in [0.15, 0.2) is 0 Å². The average Bonchev–Trinajstić information content (AvgIpc) is 2.47. The van der Waals surface area contributed by atoms with E-state index in [2.05, 4.69) is 27.7 Å².